The van der Waals surface area contributed by atoms with Gasteiger partial charge in [-0.3, -0.25) is 0 Å². The van der Waals surface area contributed by atoms with Crippen LogP contribution >= 0.6 is 0 Å². The molecule has 2 heteroatoms. The minimum Gasteiger partial charge on any atom is -0.330 e. The third-order valence-corrected chi connectivity index (χ3v) is 2.05. The van der Waals surface area contributed by atoms with E-state index in [-0.39, 0.29) is 0 Å². The molecule has 0 aromatic carbocycles. The fourth-order valence-electron chi connectivity index (χ4n) is 1.47. The SMILES string of the molecule is NCCc1ccc2ccccn12. The number of nitrogens with zero attached hydrogens (tertiary/aromatic N) is 1. The molecule has 0 saturated heterocycles. The Morgan fingerprint density at radius 1 is 1.17 bits per heavy atom. The quantitative estimate of drug-likeness (QED) is 0.708. The van der Waals surface area contributed by atoms with Crippen molar-refractivity contribution in [2.24, 2.45) is 5.73 Å². The Kier molecular flexibility index (Phi) is 1.84. The lowest BCUT2D eigenvalue weighted by Gasteiger charge is -1.99. The molecule has 2 rings (SSSR count). The van der Waals surface area contributed by atoms with Crippen LogP contribution in [0.3, 0.4) is 0 Å². The summed E-state index contributed by atoms with van der Waals surface area (Å²) in [5, 5.41) is 0. The lowest BCUT2D eigenvalue weighted by Crippen LogP contribution is -2.04. The Hall–Kier alpha value is -1.28. The minimum absolute atomic E-state index is 0.709. The molecule has 0 aliphatic heterocycles. The fraction of sp³-hybridized carbons (Fsp3) is 0.200. The van der Waals surface area contributed by atoms with Crippen LogP contribution in [0, 0.1) is 0 Å². The van der Waals surface area contributed by atoms with E-state index in [1.165, 1.54) is 11.2 Å². The van der Waals surface area contributed by atoms with Gasteiger partial charge in [0.15, 0.2) is 0 Å². The smallest absolute Gasteiger partial charge is 0.0452 e. The van der Waals surface area contributed by atoms with Gasteiger partial charge in [0.05, 0.1) is 0 Å². The van der Waals surface area contributed by atoms with E-state index in [9.17, 15) is 0 Å². The summed E-state index contributed by atoms with van der Waals surface area (Å²) in [5.74, 6) is 0. The van der Waals surface area contributed by atoms with Gasteiger partial charge in [0, 0.05) is 23.8 Å². The van der Waals surface area contributed by atoms with Crippen LogP contribution in [0.15, 0.2) is 36.5 Å². The van der Waals surface area contributed by atoms with Crippen LogP contribution in [0.1, 0.15) is 5.69 Å². The number of pyridine rings is 1. The van der Waals surface area contributed by atoms with Gasteiger partial charge in [-0.25, -0.2) is 0 Å². The molecule has 0 amide bonds. The number of hydrogen-bond donors (Lipinski definition) is 1. The normalized spacial score (nSPS) is 10.8. The zero-order valence-electron chi connectivity index (χ0n) is 6.90. The molecule has 0 fully saturated rings. The van der Waals surface area contributed by atoms with E-state index in [4.69, 9.17) is 5.73 Å². The van der Waals surface area contributed by atoms with E-state index < -0.39 is 0 Å². The highest BCUT2D eigenvalue weighted by molar-refractivity contribution is 5.49. The Labute approximate surface area is 71.6 Å². The van der Waals surface area contributed by atoms with Crippen molar-refractivity contribution >= 4 is 5.52 Å². The van der Waals surface area contributed by atoms with E-state index in [2.05, 4.69) is 28.8 Å². The lowest BCUT2D eigenvalue weighted by atomic mass is 10.3. The van der Waals surface area contributed by atoms with Crippen LogP contribution in [-0.4, -0.2) is 10.9 Å². The maximum Gasteiger partial charge on any atom is 0.0452 e. The van der Waals surface area contributed by atoms with E-state index in [1.54, 1.807) is 0 Å². The Morgan fingerprint density at radius 2 is 2.08 bits per heavy atom. The van der Waals surface area contributed by atoms with Gasteiger partial charge in [0.1, 0.15) is 0 Å². The first-order valence-corrected chi connectivity index (χ1v) is 4.17. The number of hydrogen-bond acceptors (Lipinski definition) is 1. The van der Waals surface area contributed by atoms with E-state index in [0.29, 0.717) is 6.54 Å². The Morgan fingerprint density at radius 3 is 2.92 bits per heavy atom. The van der Waals surface area contributed by atoms with Crippen molar-refractivity contribution in [1.29, 1.82) is 0 Å². The molecule has 2 heterocycles. The summed E-state index contributed by atoms with van der Waals surface area (Å²) in [5.41, 5.74) is 8.02. The van der Waals surface area contributed by atoms with Crippen molar-refractivity contribution in [1.82, 2.24) is 4.40 Å². The van der Waals surface area contributed by atoms with Crippen molar-refractivity contribution in [2.75, 3.05) is 6.54 Å². The summed E-state index contributed by atoms with van der Waals surface area (Å²) in [6, 6.07) is 10.4. The standard InChI is InChI=1S/C10H12N2/c11-7-6-10-5-4-9-3-1-2-8-12(9)10/h1-5,8H,6-7,11H2. The van der Waals surface area contributed by atoms with Crippen molar-refractivity contribution in [2.45, 2.75) is 6.42 Å². The predicted molar refractivity (Wildman–Crippen MR) is 50.2 cm³/mol. The first-order chi connectivity index (χ1) is 5.92. The maximum atomic E-state index is 5.50. The van der Waals surface area contributed by atoms with Gasteiger partial charge < -0.3 is 10.1 Å². The molecular formula is C10H12N2. The number of nitrogens with two attached hydrogens (primary N) is 1. The molecule has 2 nitrogen and oxygen atoms in total. The van der Waals surface area contributed by atoms with Crippen LogP contribution < -0.4 is 5.73 Å². The van der Waals surface area contributed by atoms with Crippen molar-refractivity contribution in [3.05, 3.63) is 42.2 Å². The molecule has 2 aromatic heterocycles. The highest BCUT2D eigenvalue weighted by Gasteiger charge is 1.97. The largest absolute Gasteiger partial charge is 0.330 e. The second-order valence-electron chi connectivity index (χ2n) is 2.86. The minimum atomic E-state index is 0.709. The third kappa shape index (κ3) is 1.10. The van der Waals surface area contributed by atoms with Crippen LogP contribution in [0.4, 0.5) is 0 Å². The zero-order chi connectivity index (χ0) is 8.39. The summed E-state index contributed by atoms with van der Waals surface area (Å²) < 4.78 is 2.17. The van der Waals surface area contributed by atoms with Gasteiger partial charge in [0.25, 0.3) is 0 Å². The molecule has 0 saturated carbocycles. The molecule has 0 aliphatic rings. The summed E-state index contributed by atoms with van der Waals surface area (Å²) in [4.78, 5) is 0. The molecule has 0 unspecified atom stereocenters. The van der Waals surface area contributed by atoms with Crippen molar-refractivity contribution < 1.29 is 0 Å². The molecule has 2 aromatic rings. The van der Waals surface area contributed by atoms with Gasteiger partial charge in [0.2, 0.25) is 0 Å². The molecule has 2 N–H and O–H groups in total. The van der Waals surface area contributed by atoms with Gasteiger partial charge in [-0.1, -0.05) is 6.07 Å². The van der Waals surface area contributed by atoms with Gasteiger partial charge in [-0.05, 0) is 30.8 Å². The molecule has 0 atom stereocenters. The summed E-state index contributed by atoms with van der Waals surface area (Å²) >= 11 is 0. The highest BCUT2D eigenvalue weighted by Crippen LogP contribution is 2.09. The Balaban J connectivity index is 2.55. The van der Waals surface area contributed by atoms with Gasteiger partial charge in [-0.2, -0.15) is 0 Å². The lowest BCUT2D eigenvalue weighted by molar-refractivity contribution is 0.905. The average molecular weight is 160 g/mol. The first kappa shape index (κ1) is 7.37. The average Bonchev–Trinajstić information content (AvgIpc) is 2.50. The molecular weight excluding hydrogens is 148 g/mol. The predicted octanol–water partition coefficient (Wildman–Crippen LogP) is 1.44. The van der Waals surface area contributed by atoms with E-state index in [0.717, 1.165) is 6.42 Å². The molecule has 0 aliphatic carbocycles. The summed E-state index contributed by atoms with van der Waals surface area (Å²) in [6.45, 7) is 0.709. The second-order valence-corrected chi connectivity index (χ2v) is 2.86. The molecule has 0 radical (unpaired) electrons. The maximum absolute atomic E-state index is 5.50. The summed E-state index contributed by atoms with van der Waals surface area (Å²) in [6.07, 6.45) is 3.01. The van der Waals surface area contributed by atoms with Crippen LogP contribution in [0.5, 0.6) is 0 Å². The van der Waals surface area contributed by atoms with Gasteiger partial charge >= 0.3 is 0 Å². The number of fused-ring (bicyclic) bond motifs is 1. The van der Waals surface area contributed by atoms with Crippen LogP contribution in [0.2, 0.25) is 0 Å². The molecule has 0 spiro atoms. The van der Waals surface area contributed by atoms with E-state index >= 15 is 0 Å². The monoisotopic (exact) mass is 160 g/mol. The highest BCUT2D eigenvalue weighted by atomic mass is 14.9. The van der Waals surface area contributed by atoms with Crippen LogP contribution in [0.25, 0.3) is 5.52 Å². The third-order valence-electron chi connectivity index (χ3n) is 2.05. The fourth-order valence-corrected chi connectivity index (χ4v) is 1.47. The summed E-state index contributed by atoms with van der Waals surface area (Å²) in [7, 11) is 0. The Bertz CT molecular complexity index is 376. The second kappa shape index (κ2) is 2.99. The topological polar surface area (TPSA) is 30.4 Å². The molecule has 12 heavy (non-hydrogen) atoms. The van der Waals surface area contributed by atoms with E-state index in [1.807, 2.05) is 12.1 Å². The van der Waals surface area contributed by atoms with Crippen molar-refractivity contribution in [3.63, 3.8) is 0 Å². The molecule has 0 bridgehead atoms. The van der Waals surface area contributed by atoms with Crippen molar-refractivity contribution in [3.8, 4) is 0 Å². The van der Waals surface area contributed by atoms with Gasteiger partial charge in [-0.15, -0.1) is 0 Å². The number of aromatic nitrogens is 1. The number of rotatable bonds is 2. The molecule has 62 valence electrons. The zero-order valence-corrected chi connectivity index (χ0v) is 6.90. The van der Waals surface area contributed by atoms with Crippen LogP contribution in [-0.2, 0) is 6.42 Å². The first-order valence-electron chi connectivity index (χ1n) is 4.17.